The number of fused-ring (bicyclic) bond motifs is 18. The number of hydrogen-bond donors (Lipinski definition) is 0. The first-order valence-electron chi connectivity index (χ1n) is 34.4. The third kappa shape index (κ3) is 8.78. The Morgan fingerprint density at radius 2 is 0.550 bits per heavy atom. The monoisotopic (exact) mass is 1290 g/mol. The predicted molar refractivity (Wildman–Crippen MR) is 411 cm³/mol. The molecule has 0 spiro atoms. The van der Waals surface area contributed by atoms with E-state index in [9.17, 15) is 5.26 Å². The average molecular weight is 1290 g/mol. The molecule has 0 fully saturated rings. The smallest absolute Gasteiger partial charge is 0.165 e. The molecule has 0 aliphatic rings. The Balaban J connectivity index is 0.834. The van der Waals surface area contributed by atoms with Crippen molar-refractivity contribution in [1.82, 2.24) is 32.4 Å². The number of aromatic nitrogens is 7. The highest BCUT2D eigenvalue weighted by Crippen LogP contribution is 2.50. The predicted octanol–water partition coefficient (Wildman–Crippen LogP) is 22.2. The minimum atomic E-state index is 0.530. The van der Waals surface area contributed by atoms with Crippen LogP contribution in [-0.4, -0.2) is 45.6 Å². The summed E-state index contributed by atoms with van der Waals surface area (Å²) in [5, 5.41) is 24.3. The SMILES string of the molecule is N#Cc1ccc(-c2c(-n3c4ccccc4c4ccccc43)c(-n3c4ccccc4c4cc(OCCCn5c6ccccc6c6ccccc65)ccc43)nc(-n3c4ccccc4c4cc(OCCCn5c6ccccc6c6ccccc65)ccc43)c2-n2c3ccccc3c3ccccc32)cc1. The topological polar surface area (TPSA) is 84.7 Å². The Labute approximate surface area is 574 Å². The molecular weight excluding hydrogens is 1230 g/mol. The van der Waals surface area contributed by atoms with Crippen molar-refractivity contribution in [3.05, 3.63) is 309 Å². The van der Waals surface area contributed by atoms with E-state index in [2.05, 4.69) is 325 Å². The number of ether oxygens (including phenoxy) is 2. The summed E-state index contributed by atoms with van der Waals surface area (Å²) in [4.78, 5) is 6.48. The maximum atomic E-state index is 10.6. The summed E-state index contributed by atoms with van der Waals surface area (Å²) in [5.41, 5.74) is 17.1. The summed E-state index contributed by atoms with van der Waals surface area (Å²) in [6.45, 7) is 2.69. The maximum absolute atomic E-state index is 10.6. The lowest BCUT2D eigenvalue weighted by Gasteiger charge is -2.27. The van der Waals surface area contributed by atoms with Gasteiger partial charge in [-0.05, 0) is 128 Å². The molecule has 20 rings (SSSR count). The quantitative estimate of drug-likeness (QED) is 0.0957. The van der Waals surface area contributed by atoms with E-state index in [0.717, 1.165) is 147 Å². The second kappa shape index (κ2) is 23.0. The summed E-state index contributed by atoms with van der Waals surface area (Å²) in [6, 6.07) is 111. The van der Waals surface area contributed by atoms with E-state index in [-0.39, 0.29) is 0 Å². The number of benzene rings is 13. The van der Waals surface area contributed by atoms with Gasteiger partial charge in [-0.2, -0.15) is 5.26 Å². The van der Waals surface area contributed by atoms with Crippen LogP contribution >= 0.6 is 0 Å². The van der Waals surface area contributed by atoms with Crippen LogP contribution in [0.3, 0.4) is 0 Å². The van der Waals surface area contributed by atoms with Crippen LogP contribution in [0.2, 0.25) is 0 Å². The molecule has 0 N–H and O–H groups in total. The van der Waals surface area contributed by atoms with Crippen LogP contribution in [-0.2, 0) is 13.1 Å². The molecule has 7 heterocycles. The Morgan fingerprint density at radius 3 is 0.870 bits per heavy atom. The number of rotatable bonds is 15. The van der Waals surface area contributed by atoms with Gasteiger partial charge in [-0.3, -0.25) is 9.13 Å². The summed E-state index contributed by atoms with van der Waals surface area (Å²) in [5.74, 6) is 3.02. The molecule has 10 nitrogen and oxygen atoms in total. The lowest BCUT2D eigenvalue weighted by Crippen LogP contribution is -2.16. The largest absolute Gasteiger partial charge is 0.494 e. The minimum Gasteiger partial charge on any atom is -0.494 e. The number of nitrogens with zero attached hydrogens (tertiary/aromatic N) is 8. The Morgan fingerprint density at radius 1 is 0.280 bits per heavy atom. The molecule has 0 bridgehead atoms. The van der Waals surface area contributed by atoms with E-state index in [1.54, 1.807) is 0 Å². The average Bonchev–Trinajstić information content (AvgIpc) is 1.47. The highest BCUT2D eigenvalue weighted by atomic mass is 16.5. The molecule has 0 saturated carbocycles. The van der Waals surface area contributed by atoms with Gasteiger partial charge in [-0.1, -0.05) is 194 Å². The first-order valence-corrected chi connectivity index (χ1v) is 34.4. The molecule has 7 aromatic heterocycles. The summed E-state index contributed by atoms with van der Waals surface area (Å²) in [6.07, 6.45) is 1.63. The second-order valence-electron chi connectivity index (χ2n) is 26.1. The number of aryl methyl sites for hydroxylation is 2. The molecule has 474 valence electrons. The summed E-state index contributed by atoms with van der Waals surface area (Å²) >= 11 is 0. The molecule has 20 aromatic rings. The number of pyridine rings is 1. The van der Waals surface area contributed by atoms with Gasteiger partial charge in [0.2, 0.25) is 0 Å². The van der Waals surface area contributed by atoms with E-state index in [1.807, 2.05) is 12.1 Å². The Hall–Kier alpha value is -13.1. The van der Waals surface area contributed by atoms with Crippen molar-refractivity contribution in [2.24, 2.45) is 0 Å². The highest BCUT2D eigenvalue weighted by Gasteiger charge is 2.33. The van der Waals surface area contributed by atoms with Gasteiger partial charge in [0.05, 0.1) is 69.0 Å². The zero-order valence-electron chi connectivity index (χ0n) is 54.5. The fourth-order valence-electron chi connectivity index (χ4n) is 16.4. The van der Waals surface area contributed by atoms with Crippen LogP contribution in [0.25, 0.3) is 165 Å². The third-order valence-corrected chi connectivity index (χ3v) is 20.7. The summed E-state index contributed by atoms with van der Waals surface area (Å²) in [7, 11) is 0. The normalized spacial score (nSPS) is 12.0. The van der Waals surface area contributed by atoms with Gasteiger partial charge in [-0.15, -0.1) is 0 Å². The molecule has 0 aliphatic heterocycles. The first-order chi connectivity index (χ1) is 49.6. The molecule has 0 radical (unpaired) electrons. The number of nitriles is 1. The van der Waals surface area contributed by atoms with Crippen molar-refractivity contribution in [2.45, 2.75) is 25.9 Å². The fraction of sp³-hybridized carbons (Fsp3) is 0.0667. The highest BCUT2D eigenvalue weighted by molar-refractivity contribution is 6.17. The first kappa shape index (κ1) is 57.2. The third-order valence-electron chi connectivity index (χ3n) is 20.7. The van der Waals surface area contributed by atoms with E-state index >= 15 is 0 Å². The fourth-order valence-corrected chi connectivity index (χ4v) is 16.4. The van der Waals surface area contributed by atoms with Crippen LogP contribution in [0, 0.1) is 11.3 Å². The van der Waals surface area contributed by atoms with Crippen molar-refractivity contribution in [3.63, 3.8) is 0 Å². The van der Waals surface area contributed by atoms with Crippen LogP contribution in [0.4, 0.5) is 0 Å². The van der Waals surface area contributed by atoms with E-state index in [0.29, 0.717) is 30.4 Å². The van der Waals surface area contributed by atoms with Crippen LogP contribution in [0.1, 0.15) is 18.4 Å². The molecule has 10 heteroatoms. The van der Waals surface area contributed by atoms with Gasteiger partial charge in [0, 0.05) is 105 Å². The van der Waals surface area contributed by atoms with Gasteiger partial charge in [0.25, 0.3) is 0 Å². The Bertz CT molecular complexity index is 6180. The maximum Gasteiger partial charge on any atom is 0.165 e. The molecule has 0 amide bonds. The van der Waals surface area contributed by atoms with Crippen LogP contribution < -0.4 is 9.47 Å². The van der Waals surface area contributed by atoms with Gasteiger partial charge in [0.15, 0.2) is 11.6 Å². The van der Waals surface area contributed by atoms with Crippen molar-refractivity contribution < 1.29 is 9.47 Å². The lowest BCUT2D eigenvalue weighted by molar-refractivity contribution is 0.303. The van der Waals surface area contributed by atoms with Gasteiger partial charge >= 0.3 is 0 Å². The second-order valence-corrected chi connectivity index (χ2v) is 26.1. The van der Waals surface area contributed by atoms with Crippen LogP contribution in [0.15, 0.2) is 303 Å². The standard InChI is InChI=1S/C90H62N8O2/c91-57-58-43-45-59(46-44-58)86-87(95-78-37-15-5-27-66(78)67-28-6-16-38-79(67)95)89(97-82-41-19-9-31-70(82)72-55-60(47-49-84(72)97)99-53-21-51-93-74-33-11-1-23-62(74)63-24-2-12-34-75(63)93)92-90(88(86)96-80-39-17-7-29-68(80)69-30-8-18-40-81(69)96)98-83-42-20-10-32-71(83)73-56-61(48-50-85(73)98)100-54-22-52-94-76-35-13-3-25-64(76)65-26-4-14-36-77(65)94/h1-20,23-50,55-56H,21-22,51-54H2. The van der Waals surface area contributed by atoms with E-state index in [4.69, 9.17) is 14.5 Å². The number of para-hydroxylation sites is 10. The molecule has 100 heavy (non-hydrogen) atoms. The summed E-state index contributed by atoms with van der Waals surface area (Å²) < 4.78 is 28.2. The lowest BCUT2D eigenvalue weighted by atomic mass is 9.99. The van der Waals surface area contributed by atoms with E-state index in [1.165, 1.54) is 43.6 Å². The van der Waals surface area contributed by atoms with E-state index < -0.39 is 0 Å². The van der Waals surface area contributed by atoms with Crippen molar-refractivity contribution >= 4 is 131 Å². The van der Waals surface area contributed by atoms with Crippen molar-refractivity contribution in [2.75, 3.05) is 13.2 Å². The zero-order valence-corrected chi connectivity index (χ0v) is 54.5. The molecule has 0 aliphatic carbocycles. The zero-order chi connectivity index (χ0) is 65.9. The van der Waals surface area contributed by atoms with Gasteiger partial charge in [-0.25, -0.2) is 4.98 Å². The molecule has 0 saturated heterocycles. The van der Waals surface area contributed by atoms with Crippen LogP contribution in [0.5, 0.6) is 11.5 Å². The van der Waals surface area contributed by atoms with Gasteiger partial charge in [0.1, 0.15) is 22.9 Å². The molecule has 0 atom stereocenters. The van der Waals surface area contributed by atoms with Crippen molar-refractivity contribution in [1.29, 1.82) is 5.26 Å². The molecule has 0 unspecified atom stereocenters. The minimum absolute atomic E-state index is 0.530. The number of hydrogen-bond acceptors (Lipinski definition) is 4. The molecule has 13 aromatic carbocycles. The van der Waals surface area contributed by atoms with Crippen molar-refractivity contribution in [3.8, 4) is 51.7 Å². The van der Waals surface area contributed by atoms with Gasteiger partial charge < -0.3 is 27.7 Å². The molecular formula is C90H62N8O2. The Kier molecular flexibility index (Phi) is 13.2.